The van der Waals surface area contributed by atoms with E-state index in [0.29, 0.717) is 0 Å². The van der Waals surface area contributed by atoms with Gasteiger partial charge >= 0.3 is 0 Å². The van der Waals surface area contributed by atoms with Crippen LogP contribution < -0.4 is 11.1 Å². The van der Waals surface area contributed by atoms with Crippen molar-refractivity contribution in [2.75, 3.05) is 12.3 Å². The minimum atomic E-state index is 0.0321. The van der Waals surface area contributed by atoms with Crippen LogP contribution in [-0.4, -0.2) is 23.2 Å². The van der Waals surface area contributed by atoms with Gasteiger partial charge < -0.3 is 11.1 Å². The molecule has 1 aromatic rings. The fraction of sp³-hybridized carbons (Fsp3) is 0.400. The first-order valence-corrected chi connectivity index (χ1v) is 5.91. The summed E-state index contributed by atoms with van der Waals surface area (Å²) in [4.78, 5) is 4.30. The number of hydrogen-bond acceptors (Lipinski definition) is 3. The van der Waals surface area contributed by atoms with Gasteiger partial charge in [0.2, 0.25) is 0 Å². The molecule has 1 rings (SSSR count). The molecular weight excluding hydrogens is 208 g/mol. The lowest BCUT2D eigenvalue weighted by Gasteiger charge is -2.05. The minimum absolute atomic E-state index is 0.0321. The van der Waals surface area contributed by atoms with Crippen molar-refractivity contribution in [2.45, 2.75) is 12.7 Å². The summed E-state index contributed by atoms with van der Waals surface area (Å²) in [5.74, 6) is 1.87. The Balaban J connectivity index is 2.21. The zero-order chi connectivity index (χ0) is 11.1. The van der Waals surface area contributed by atoms with Gasteiger partial charge in [0.25, 0.3) is 0 Å². The molecule has 1 heterocycles. The lowest BCUT2D eigenvalue weighted by atomic mass is 10.2. The molecule has 4 N–H and O–H groups in total. The smallest absolute Gasteiger partial charge is 0.185 e. The maximum Gasteiger partial charge on any atom is 0.185 e. The number of hydrogen-bond donors (Lipinski definition) is 3. The number of pyridine rings is 1. The predicted octanol–water partition coefficient (Wildman–Crippen LogP) is 1.11. The van der Waals surface area contributed by atoms with Gasteiger partial charge in [0.1, 0.15) is 0 Å². The highest BCUT2D eigenvalue weighted by molar-refractivity contribution is 7.98. The van der Waals surface area contributed by atoms with Crippen molar-refractivity contribution < 1.29 is 0 Å². The fourth-order valence-corrected chi connectivity index (χ4v) is 1.98. The highest BCUT2D eigenvalue weighted by Gasteiger charge is 1.98. The summed E-state index contributed by atoms with van der Waals surface area (Å²) in [5, 5.41) is 9.74. The molecule has 0 aliphatic carbocycles. The quantitative estimate of drug-likeness (QED) is 0.398. The molecule has 0 aromatic carbocycles. The largest absolute Gasteiger partial charge is 0.370 e. The van der Waals surface area contributed by atoms with Crippen LogP contribution in [0, 0.1) is 12.3 Å². The SMILES string of the molecule is Cc1cccnc1CSCCNC(=N)N. The summed E-state index contributed by atoms with van der Waals surface area (Å²) in [5.41, 5.74) is 7.52. The van der Waals surface area contributed by atoms with E-state index in [1.54, 1.807) is 11.8 Å². The van der Waals surface area contributed by atoms with Crippen molar-refractivity contribution in [1.82, 2.24) is 10.3 Å². The normalized spacial score (nSPS) is 9.93. The van der Waals surface area contributed by atoms with Crippen molar-refractivity contribution in [2.24, 2.45) is 5.73 Å². The number of aryl methyl sites for hydroxylation is 1. The van der Waals surface area contributed by atoms with E-state index < -0.39 is 0 Å². The number of thioether (sulfide) groups is 1. The average molecular weight is 224 g/mol. The third kappa shape index (κ3) is 4.69. The zero-order valence-corrected chi connectivity index (χ0v) is 9.60. The Kier molecular flexibility index (Phi) is 4.97. The van der Waals surface area contributed by atoms with Crippen molar-refractivity contribution in [3.05, 3.63) is 29.6 Å². The van der Waals surface area contributed by atoms with Gasteiger partial charge in [-0.3, -0.25) is 10.4 Å². The van der Waals surface area contributed by atoms with Crippen molar-refractivity contribution in [3.8, 4) is 0 Å². The first-order chi connectivity index (χ1) is 7.20. The molecule has 0 radical (unpaired) electrons. The number of rotatable bonds is 5. The molecule has 0 bridgehead atoms. The van der Waals surface area contributed by atoms with Crippen LogP contribution in [0.2, 0.25) is 0 Å². The summed E-state index contributed by atoms with van der Waals surface area (Å²) in [6.45, 7) is 2.79. The molecule has 5 heteroatoms. The Labute approximate surface area is 94.2 Å². The van der Waals surface area contributed by atoms with Gasteiger partial charge in [-0.25, -0.2) is 0 Å². The van der Waals surface area contributed by atoms with E-state index >= 15 is 0 Å². The van der Waals surface area contributed by atoms with Gasteiger partial charge in [-0.15, -0.1) is 0 Å². The number of nitrogens with zero attached hydrogens (tertiary/aromatic N) is 1. The summed E-state index contributed by atoms with van der Waals surface area (Å²) in [6, 6.07) is 4.01. The number of aromatic nitrogens is 1. The van der Waals surface area contributed by atoms with Crippen LogP contribution in [0.25, 0.3) is 0 Å². The lowest BCUT2D eigenvalue weighted by molar-refractivity contribution is 0.953. The van der Waals surface area contributed by atoms with Crippen LogP contribution in [0.4, 0.5) is 0 Å². The molecule has 0 unspecified atom stereocenters. The molecule has 0 saturated carbocycles. The highest BCUT2D eigenvalue weighted by atomic mass is 32.2. The van der Waals surface area contributed by atoms with Crippen molar-refractivity contribution in [1.29, 1.82) is 5.41 Å². The van der Waals surface area contributed by atoms with E-state index in [2.05, 4.69) is 23.3 Å². The van der Waals surface area contributed by atoms with Gasteiger partial charge in [-0.1, -0.05) is 6.07 Å². The molecule has 1 aromatic heterocycles. The maximum atomic E-state index is 6.97. The molecule has 0 saturated heterocycles. The monoisotopic (exact) mass is 224 g/mol. The van der Waals surface area contributed by atoms with Gasteiger partial charge in [0.05, 0.1) is 5.69 Å². The molecule has 15 heavy (non-hydrogen) atoms. The Morgan fingerprint density at radius 2 is 2.47 bits per heavy atom. The van der Waals surface area contributed by atoms with Gasteiger partial charge in [0, 0.05) is 24.2 Å². The molecular formula is C10H16N4S. The summed E-state index contributed by atoms with van der Waals surface area (Å²) in [6.07, 6.45) is 1.82. The third-order valence-corrected chi connectivity index (χ3v) is 2.89. The molecule has 0 aliphatic rings. The molecule has 0 atom stereocenters. The Morgan fingerprint density at radius 1 is 1.67 bits per heavy atom. The first kappa shape index (κ1) is 11.8. The van der Waals surface area contributed by atoms with Gasteiger partial charge in [0.15, 0.2) is 5.96 Å². The van der Waals surface area contributed by atoms with Crippen LogP contribution in [-0.2, 0) is 5.75 Å². The number of nitrogens with two attached hydrogens (primary N) is 1. The van der Waals surface area contributed by atoms with E-state index in [0.717, 1.165) is 23.7 Å². The molecule has 0 amide bonds. The topological polar surface area (TPSA) is 74.8 Å². The fourth-order valence-electron chi connectivity index (χ4n) is 1.10. The highest BCUT2D eigenvalue weighted by Crippen LogP contribution is 2.12. The third-order valence-electron chi connectivity index (χ3n) is 1.92. The average Bonchev–Trinajstić information content (AvgIpc) is 2.20. The second-order valence-corrected chi connectivity index (χ2v) is 4.27. The molecule has 0 spiro atoms. The standard InChI is InChI=1S/C10H16N4S/c1-8-3-2-4-13-9(8)7-15-6-5-14-10(11)12/h2-4H,5-7H2,1H3,(H4,11,12,14). The second-order valence-electron chi connectivity index (χ2n) is 3.16. The molecule has 0 aliphatic heterocycles. The van der Waals surface area contributed by atoms with Crippen LogP contribution >= 0.6 is 11.8 Å². The Morgan fingerprint density at radius 3 is 3.13 bits per heavy atom. The number of guanidine groups is 1. The van der Waals surface area contributed by atoms with E-state index in [4.69, 9.17) is 11.1 Å². The predicted molar refractivity (Wildman–Crippen MR) is 65.1 cm³/mol. The molecule has 82 valence electrons. The summed E-state index contributed by atoms with van der Waals surface area (Å²) < 4.78 is 0. The van der Waals surface area contributed by atoms with Gasteiger partial charge in [-0.2, -0.15) is 11.8 Å². The molecule has 4 nitrogen and oxygen atoms in total. The van der Waals surface area contributed by atoms with Crippen LogP contribution in [0.5, 0.6) is 0 Å². The van der Waals surface area contributed by atoms with Crippen molar-refractivity contribution in [3.63, 3.8) is 0 Å². The summed E-state index contributed by atoms with van der Waals surface area (Å²) in [7, 11) is 0. The van der Waals surface area contributed by atoms with Gasteiger partial charge in [-0.05, 0) is 18.6 Å². The zero-order valence-electron chi connectivity index (χ0n) is 8.79. The summed E-state index contributed by atoms with van der Waals surface area (Å²) >= 11 is 1.79. The Bertz CT molecular complexity index is 327. The van der Waals surface area contributed by atoms with E-state index in [1.165, 1.54) is 5.56 Å². The van der Waals surface area contributed by atoms with Crippen LogP contribution in [0.3, 0.4) is 0 Å². The Hall–Kier alpha value is -1.23. The molecule has 0 fully saturated rings. The first-order valence-electron chi connectivity index (χ1n) is 4.76. The lowest BCUT2D eigenvalue weighted by Crippen LogP contribution is -2.31. The van der Waals surface area contributed by atoms with E-state index in [1.807, 2.05) is 12.3 Å². The number of nitrogens with one attached hydrogen (secondary N) is 2. The van der Waals surface area contributed by atoms with Crippen molar-refractivity contribution >= 4 is 17.7 Å². The van der Waals surface area contributed by atoms with Crippen LogP contribution in [0.1, 0.15) is 11.3 Å². The second kappa shape index (κ2) is 6.29. The van der Waals surface area contributed by atoms with Crippen LogP contribution in [0.15, 0.2) is 18.3 Å². The minimum Gasteiger partial charge on any atom is -0.370 e. The van der Waals surface area contributed by atoms with E-state index in [-0.39, 0.29) is 5.96 Å². The maximum absolute atomic E-state index is 6.97. The van der Waals surface area contributed by atoms with E-state index in [9.17, 15) is 0 Å².